The highest BCUT2D eigenvalue weighted by Crippen LogP contribution is 2.41. The van der Waals surface area contributed by atoms with Crippen molar-refractivity contribution >= 4 is 29.0 Å². The van der Waals surface area contributed by atoms with E-state index < -0.39 is 5.60 Å². The van der Waals surface area contributed by atoms with E-state index in [0.29, 0.717) is 31.0 Å². The highest BCUT2D eigenvalue weighted by atomic mass is 35.5. The predicted octanol–water partition coefficient (Wildman–Crippen LogP) is 4.33. The summed E-state index contributed by atoms with van der Waals surface area (Å²) in [6.45, 7) is 3.13. The Morgan fingerprint density at radius 3 is 2.58 bits per heavy atom. The fourth-order valence-electron chi connectivity index (χ4n) is 3.10. The number of rotatable bonds is 3. The van der Waals surface area contributed by atoms with Crippen LogP contribution in [0.3, 0.4) is 0 Å². The van der Waals surface area contributed by atoms with Crippen molar-refractivity contribution in [2.24, 2.45) is 0 Å². The zero-order valence-electron chi connectivity index (χ0n) is 13.5. The van der Waals surface area contributed by atoms with E-state index >= 15 is 0 Å². The fourth-order valence-corrected chi connectivity index (χ4v) is 4.42. The molecule has 0 saturated carbocycles. The molecule has 1 aromatic heterocycles. The summed E-state index contributed by atoms with van der Waals surface area (Å²) in [5.74, 6) is 0. The van der Waals surface area contributed by atoms with Gasteiger partial charge in [0.2, 0.25) is 0 Å². The molecule has 1 aliphatic rings. The molecule has 0 atom stereocenters. The first-order valence-electron chi connectivity index (χ1n) is 7.92. The molecule has 0 spiro atoms. The maximum atomic E-state index is 12.2. The fraction of sp³-hybridized carbons (Fsp3) is 0.389. The number of amides is 1. The third-order valence-electron chi connectivity index (χ3n) is 4.45. The largest absolute Gasteiger partial charge is 0.445 e. The molecule has 2 aromatic rings. The average Bonchev–Trinajstić information content (AvgIpc) is 2.93. The van der Waals surface area contributed by atoms with Gasteiger partial charge in [0, 0.05) is 28.9 Å². The van der Waals surface area contributed by atoms with E-state index in [4.69, 9.17) is 16.3 Å². The van der Waals surface area contributed by atoms with Crippen LogP contribution in [0.2, 0.25) is 5.02 Å². The minimum atomic E-state index is -0.961. The highest BCUT2D eigenvalue weighted by molar-refractivity contribution is 7.10. The number of ether oxygens (including phenoxy) is 1. The summed E-state index contributed by atoms with van der Waals surface area (Å²) >= 11 is 7.77. The van der Waals surface area contributed by atoms with Crippen LogP contribution in [0, 0.1) is 6.92 Å². The second kappa shape index (κ2) is 7.13. The van der Waals surface area contributed by atoms with Crippen molar-refractivity contribution < 1.29 is 14.6 Å². The van der Waals surface area contributed by atoms with E-state index in [1.54, 1.807) is 4.90 Å². The van der Waals surface area contributed by atoms with Crippen LogP contribution in [0.15, 0.2) is 35.7 Å². The lowest BCUT2D eigenvalue weighted by Gasteiger charge is -2.38. The highest BCUT2D eigenvalue weighted by Gasteiger charge is 2.38. The molecule has 1 aromatic carbocycles. The van der Waals surface area contributed by atoms with Crippen molar-refractivity contribution in [2.75, 3.05) is 13.1 Å². The van der Waals surface area contributed by atoms with Crippen LogP contribution in [0.4, 0.5) is 4.79 Å². The average molecular weight is 366 g/mol. The molecular weight excluding hydrogens is 346 g/mol. The summed E-state index contributed by atoms with van der Waals surface area (Å²) in [5.41, 5.74) is 0.809. The maximum absolute atomic E-state index is 12.2. The van der Waals surface area contributed by atoms with Gasteiger partial charge in [0.1, 0.15) is 6.61 Å². The zero-order valence-corrected chi connectivity index (χ0v) is 15.1. The van der Waals surface area contributed by atoms with Crippen LogP contribution in [0.5, 0.6) is 0 Å². The Labute approximate surface area is 150 Å². The molecule has 0 bridgehead atoms. The van der Waals surface area contributed by atoms with E-state index in [2.05, 4.69) is 0 Å². The Kier molecular flexibility index (Phi) is 5.13. The SMILES string of the molecule is Cc1scc(Cl)c1C1(O)CCN(C(=O)OCc2ccccc2)CC1. The first kappa shape index (κ1) is 17.3. The first-order valence-corrected chi connectivity index (χ1v) is 9.17. The van der Waals surface area contributed by atoms with Gasteiger partial charge in [-0.2, -0.15) is 0 Å². The molecule has 1 N–H and O–H groups in total. The molecule has 24 heavy (non-hydrogen) atoms. The summed E-state index contributed by atoms with van der Waals surface area (Å²) < 4.78 is 5.36. The Morgan fingerprint density at radius 2 is 2.00 bits per heavy atom. The lowest BCUT2D eigenvalue weighted by Crippen LogP contribution is -2.45. The third kappa shape index (κ3) is 3.58. The van der Waals surface area contributed by atoms with Crippen molar-refractivity contribution in [3.05, 3.63) is 56.7 Å². The molecule has 0 unspecified atom stereocenters. The number of thiophene rings is 1. The third-order valence-corrected chi connectivity index (χ3v) is 5.79. The molecule has 0 radical (unpaired) electrons. The van der Waals surface area contributed by atoms with E-state index in [0.717, 1.165) is 16.0 Å². The maximum Gasteiger partial charge on any atom is 0.410 e. The number of halogens is 1. The Morgan fingerprint density at radius 1 is 1.33 bits per heavy atom. The standard InChI is InChI=1S/C18H20ClNO3S/c1-13-16(15(19)12-24-13)18(22)7-9-20(10-8-18)17(21)23-11-14-5-3-2-4-6-14/h2-6,12,22H,7-11H2,1H3. The van der Waals surface area contributed by atoms with Gasteiger partial charge in [0.15, 0.2) is 0 Å². The van der Waals surface area contributed by atoms with Gasteiger partial charge in [-0.05, 0) is 25.3 Å². The summed E-state index contributed by atoms with van der Waals surface area (Å²) in [6.07, 6.45) is 0.587. The minimum Gasteiger partial charge on any atom is -0.445 e. The molecule has 1 aliphatic heterocycles. The predicted molar refractivity (Wildman–Crippen MR) is 95.4 cm³/mol. The van der Waals surface area contributed by atoms with Gasteiger partial charge in [-0.15, -0.1) is 11.3 Å². The van der Waals surface area contributed by atoms with Gasteiger partial charge < -0.3 is 14.7 Å². The van der Waals surface area contributed by atoms with Crippen LogP contribution >= 0.6 is 22.9 Å². The number of carbonyl (C=O) groups excluding carboxylic acids is 1. The normalized spacial score (nSPS) is 16.9. The monoisotopic (exact) mass is 365 g/mol. The summed E-state index contributed by atoms with van der Waals surface area (Å²) in [6, 6.07) is 9.59. The van der Waals surface area contributed by atoms with E-state index in [1.807, 2.05) is 42.6 Å². The number of piperidine rings is 1. The van der Waals surface area contributed by atoms with E-state index in [9.17, 15) is 9.90 Å². The van der Waals surface area contributed by atoms with E-state index in [-0.39, 0.29) is 12.7 Å². The van der Waals surface area contributed by atoms with Gasteiger partial charge in [-0.25, -0.2) is 4.79 Å². The molecule has 1 amide bonds. The Bertz CT molecular complexity index is 689. The molecule has 0 aliphatic carbocycles. The zero-order chi connectivity index (χ0) is 17.2. The van der Waals surface area contributed by atoms with Crippen molar-refractivity contribution in [2.45, 2.75) is 32.0 Å². The molecular formula is C18H20ClNO3S. The smallest absolute Gasteiger partial charge is 0.410 e. The quantitative estimate of drug-likeness (QED) is 0.880. The number of hydrogen-bond acceptors (Lipinski definition) is 4. The lowest BCUT2D eigenvalue weighted by atomic mass is 9.85. The molecule has 3 rings (SSSR count). The number of benzene rings is 1. The summed E-state index contributed by atoms with van der Waals surface area (Å²) in [4.78, 5) is 14.9. The van der Waals surface area contributed by atoms with Crippen LogP contribution < -0.4 is 0 Å². The molecule has 6 heteroatoms. The van der Waals surface area contributed by atoms with Crippen LogP contribution in [-0.2, 0) is 16.9 Å². The summed E-state index contributed by atoms with van der Waals surface area (Å²) in [7, 11) is 0. The lowest BCUT2D eigenvalue weighted by molar-refractivity contribution is -0.0255. The number of hydrogen-bond donors (Lipinski definition) is 1. The van der Waals surface area contributed by atoms with E-state index in [1.165, 1.54) is 11.3 Å². The number of aryl methyl sites for hydroxylation is 1. The number of nitrogens with zero attached hydrogens (tertiary/aromatic N) is 1. The minimum absolute atomic E-state index is 0.260. The summed E-state index contributed by atoms with van der Waals surface area (Å²) in [5, 5.41) is 13.4. The molecule has 1 fully saturated rings. The van der Waals surface area contributed by atoms with Crippen LogP contribution in [0.1, 0.15) is 28.8 Å². The van der Waals surface area contributed by atoms with Crippen molar-refractivity contribution in [3.8, 4) is 0 Å². The van der Waals surface area contributed by atoms with Gasteiger partial charge in [0.25, 0.3) is 0 Å². The number of aliphatic hydroxyl groups is 1. The molecule has 1 saturated heterocycles. The molecule has 4 nitrogen and oxygen atoms in total. The second-order valence-corrected chi connectivity index (χ2v) is 7.56. The van der Waals surface area contributed by atoms with Gasteiger partial charge in [-0.1, -0.05) is 41.9 Å². The van der Waals surface area contributed by atoms with Gasteiger partial charge in [0.05, 0.1) is 10.6 Å². The molecule has 2 heterocycles. The Hall–Kier alpha value is -1.56. The first-order chi connectivity index (χ1) is 11.5. The van der Waals surface area contributed by atoms with Crippen LogP contribution in [0.25, 0.3) is 0 Å². The van der Waals surface area contributed by atoms with Gasteiger partial charge in [-0.3, -0.25) is 0 Å². The second-order valence-electron chi connectivity index (χ2n) is 6.07. The Balaban J connectivity index is 1.57. The van der Waals surface area contributed by atoms with Crippen molar-refractivity contribution in [3.63, 3.8) is 0 Å². The number of carbonyl (C=O) groups is 1. The van der Waals surface area contributed by atoms with Gasteiger partial charge >= 0.3 is 6.09 Å². The van der Waals surface area contributed by atoms with Crippen LogP contribution in [-0.4, -0.2) is 29.2 Å². The molecule has 128 valence electrons. The number of likely N-dealkylation sites (tertiary alicyclic amines) is 1. The van der Waals surface area contributed by atoms with Crippen molar-refractivity contribution in [1.29, 1.82) is 0 Å². The van der Waals surface area contributed by atoms with Crippen molar-refractivity contribution in [1.82, 2.24) is 4.90 Å². The topological polar surface area (TPSA) is 49.8 Å².